The molecule has 0 spiro atoms. The molecule has 4 atom stereocenters. The van der Waals surface area contributed by atoms with E-state index in [2.05, 4.69) is 91.9 Å². The first-order valence-corrected chi connectivity index (χ1v) is 21.0. The summed E-state index contributed by atoms with van der Waals surface area (Å²) in [5, 5.41) is -0.0557. The van der Waals surface area contributed by atoms with Crippen LogP contribution in [0.15, 0.2) is 84.4 Å². The van der Waals surface area contributed by atoms with Crippen molar-refractivity contribution in [3.05, 3.63) is 101 Å². The van der Waals surface area contributed by atoms with Gasteiger partial charge in [-0.1, -0.05) is 120 Å². The Morgan fingerprint density at radius 2 is 1.41 bits per heavy atom. The summed E-state index contributed by atoms with van der Waals surface area (Å²) in [7, 11) is -2.36. The van der Waals surface area contributed by atoms with Gasteiger partial charge in [0.15, 0.2) is 11.5 Å². The van der Waals surface area contributed by atoms with E-state index < -0.39 is 14.4 Å². The predicted octanol–water partition coefficient (Wildman–Crippen LogP) is 11.6. The van der Waals surface area contributed by atoms with Crippen LogP contribution in [0.25, 0.3) is 0 Å². The Hall–Kier alpha value is -3.51. The summed E-state index contributed by atoms with van der Waals surface area (Å²) in [6.07, 6.45) is 6.33. The number of esters is 1. The first-order chi connectivity index (χ1) is 23.0. The van der Waals surface area contributed by atoms with Crippen molar-refractivity contribution in [3.63, 3.8) is 0 Å². The standard InChI is InChI=1S/C43H58O5Si/c1-30-22-23-38-42(6,7)24-17-25-43(38,8)39(30)40(47-31(2)44)34-26-36(45-28-32-18-13-11-14-19-32)37(46-29-33-20-15-12-16-21-33)27-35(34)48-49(9,10)41(3,4)5/h11-16,18-22,26-27,38-40H,17,23-25,28-29H2,1-10H3/t38?,39-,40+,43+/m1/s1. The van der Waals surface area contributed by atoms with Crippen LogP contribution < -0.4 is 13.9 Å². The third kappa shape index (κ3) is 8.11. The number of hydrogen-bond donors (Lipinski definition) is 0. The third-order valence-corrected chi connectivity index (χ3v) is 16.1. The van der Waals surface area contributed by atoms with Crippen LogP contribution in [-0.2, 0) is 22.7 Å². The van der Waals surface area contributed by atoms with E-state index in [0.717, 1.165) is 36.0 Å². The smallest absolute Gasteiger partial charge is 0.303 e. The topological polar surface area (TPSA) is 54.0 Å². The zero-order valence-corrected chi connectivity index (χ0v) is 32.5. The molecular formula is C43H58O5Si. The summed E-state index contributed by atoms with van der Waals surface area (Å²) in [5.41, 5.74) is 4.36. The van der Waals surface area contributed by atoms with Gasteiger partial charge in [0, 0.05) is 24.5 Å². The lowest BCUT2D eigenvalue weighted by atomic mass is 9.47. The van der Waals surface area contributed by atoms with Gasteiger partial charge in [0.05, 0.1) is 0 Å². The maximum absolute atomic E-state index is 13.1. The van der Waals surface area contributed by atoms with Gasteiger partial charge in [0.1, 0.15) is 25.1 Å². The molecular weight excluding hydrogens is 625 g/mol. The van der Waals surface area contributed by atoms with Gasteiger partial charge in [-0.25, -0.2) is 0 Å². The van der Waals surface area contributed by atoms with Crippen LogP contribution in [0, 0.1) is 22.7 Å². The summed E-state index contributed by atoms with van der Waals surface area (Å²) in [6, 6.07) is 24.4. The average molecular weight is 683 g/mol. The highest BCUT2D eigenvalue weighted by atomic mass is 28.4. The van der Waals surface area contributed by atoms with E-state index >= 15 is 0 Å². The number of carbonyl (C=O) groups excluding carboxylic acids is 1. The molecule has 0 radical (unpaired) electrons. The Morgan fingerprint density at radius 3 is 1.94 bits per heavy atom. The van der Waals surface area contributed by atoms with Crippen molar-refractivity contribution in [3.8, 4) is 17.2 Å². The second-order valence-electron chi connectivity index (χ2n) is 16.8. The predicted molar refractivity (Wildman–Crippen MR) is 201 cm³/mol. The highest BCUT2D eigenvalue weighted by molar-refractivity contribution is 6.74. The fraction of sp³-hybridized carbons (Fsp3) is 0.512. The van der Waals surface area contributed by atoms with Gasteiger partial charge >= 0.3 is 5.97 Å². The summed E-state index contributed by atoms with van der Waals surface area (Å²) in [6.45, 7) is 23.0. The van der Waals surface area contributed by atoms with E-state index in [-0.39, 0.29) is 27.8 Å². The Bertz CT molecular complexity index is 1620. The molecule has 0 N–H and O–H groups in total. The van der Waals surface area contributed by atoms with Gasteiger partial charge in [0.2, 0.25) is 8.32 Å². The fourth-order valence-corrected chi connectivity index (χ4v) is 9.18. The molecule has 0 saturated heterocycles. The van der Waals surface area contributed by atoms with E-state index in [1.165, 1.54) is 18.9 Å². The molecule has 1 saturated carbocycles. The zero-order chi connectivity index (χ0) is 35.6. The summed E-state index contributed by atoms with van der Waals surface area (Å²) >= 11 is 0. The number of allylic oxidation sites excluding steroid dienone is 1. The van der Waals surface area contributed by atoms with Crippen molar-refractivity contribution < 1.29 is 23.4 Å². The van der Waals surface area contributed by atoms with Crippen molar-refractivity contribution >= 4 is 14.3 Å². The minimum Gasteiger partial charge on any atom is -0.543 e. The van der Waals surface area contributed by atoms with Crippen molar-refractivity contribution in [2.75, 3.05) is 0 Å². The second kappa shape index (κ2) is 14.4. The Labute approximate surface area is 296 Å². The quantitative estimate of drug-likeness (QED) is 0.114. The van der Waals surface area contributed by atoms with Crippen molar-refractivity contribution in [1.29, 1.82) is 0 Å². The Balaban J connectivity index is 1.70. The fourth-order valence-electron chi connectivity index (χ4n) is 8.14. The molecule has 2 aliphatic rings. The van der Waals surface area contributed by atoms with Crippen LogP contribution in [0.2, 0.25) is 18.1 Å². The van der Waals surface area contributed by atoms with Gasteiger partial charge < -0.3 is 18.6 Å². The van der Waals surface area contributed by atoms with Gasteiger partial charge in [0.25, 0.3) is 0 Å². The summed E-state index contributed by atoms with van der Waals surface area (Å²) in [5.74, 6) is 2.08. The maximum atomic E-state index is 13.1. The summed E-state index contributed by atoms with van der Waals surface area (Å²) in [4.78, 5) is 13.1. The van der Waals surface area contributed by atoms with E-state index in [4.69, 9.17) is 18.6 Å². The number of fused-ring (bicyclic) bond motifs is 1. The molecule has 5 nitrogen and oxygen atoms in total. The molecule has 6 heteroatoms. The molecule has 0 heterocycles. The van der Waals surface area contributed by atoms with E-state index in [9.17, 15) is 4.79 Å². The van der Waals surface area contributed by atoms with Gasteiger partial charge in [-0.2, -0.15) is 0 Å². The van der Waals surface area contributed by atoms with Crippen LogP contribution in [-0.4, -0.2) is 14.3 Å². The molecule has 1 fully saturated rings. The highest BCUT2D eigenvalue weighted by Gasteiger charge is 2.55. The molecule has 1 unspecified atom stereocenters. The van der Waals surface area contributed by atoms with Crippen LogP contribution in [0.4, 0.5) is 0 Å². The summed E-state index contributed by atoms with van der Waals surface area (Å²) < 4.78 is 26.9. The minimum atomic E-state index is -2.36. The van der Waals surface area contributed by atoms with Crippen LogP contribution in [0.5, 0.6) is 17.2 Å². The average Bonchev–Trinajstić information content (AvgIpc) is 3.02. The normalized spacial score (nSPS) is 22.7. The lowest BCUT2D eigenvalue weighted by Gasteiger charge is -2.58. The molecule has 0 bridgehead atoms. The molecule has 0 amide bonds. The monoisotopic (exact) mass is 682 g/mol. The minimum absolute atomic E-state index is 0.0189. The van der Waals surface area contributed by atoms with Gasteiger partial charge in [-0.05, 0) is 78.3 Å². The van der Waals surface area contributed by atoms with Crippen LogP contribution in [0.1, 0.15) is 104 Å². The molecule has 3 aromatic rings. The number of carbonyl (C=O) groups is 1. The molecule has 49 heavy (non-hydrogen) atoms. The second-order valence-corrected chi connectivity index (χ2v) is 21.6. The maximum Gasteiger partial charge on any atom is 0.303 e. The lowest BCUT2D eigenvalue weighted by Crippen LogP contribution is -2.50. The number of hydrogen-bond acceptors (Lipinski definition) is 5. The molecule has 2 aliphatic carbocycles. The van der Waals surface area contributed by atoms with Gasteiger partial charge in [-0.15, -0.1) is 0 Å². The van der Waals surface area contributed by atoms with Gasteiger partial charge in [-0.3, -0.25) is 4.79 Å². The third-order valence-electron chi connectivity index (χ3n) is 11.8. The molecule has 0 aromatic heterocycles. The largest absolute Gasteiger partial charge is 0.543 e. The number of rotatable bonds is 11. The van der Waals surface area contributed by atoms with Crippen molar-refractivity contribution in [2.45, 2.75) is 119 Å². The van der Waals surface area contributed by atoms with E-state index in [1.807, 2.05) is 48.5 Å². The van der Waals surface area contributed by atoms with Crippen LogP contribution >= 0.6 is 0 Å². The zero-order valence-electron chi connectivity index (χ0n) is 31.5. The van der Waals surface area contributed by atoms with Crippen LogP contribution in [0.3, 0.4) is 0 Å². The molecule has 5 rings (SSSR count). The first-order valence-electron chi connectivity index (χ1n) is 18.1. The highest BCUT2D eigenvalue weighted by Crippen LogP contribution is 2.63. The SMILES string of the molecule is CC(=O)O[C@@H](c1cc(OCc2ccccc2)c(OCc2ccccc2)cc1O[Si](C)(C)C(C)(C)C)[C@H]1C(C)=CCC2C(C)(C)CCC[C@@]21C. The Morgan fingerprint density at radius 1 is 0.857 bits per heavy atom. The first kappa shape index (κ1) is 36.8. The number of benzene rings is 3. The van der Waals surface area contributed by atoms with E-state index in [0.29, 0.717) is 36.4 Å². The molecule has 0 aliphatic heterocycles. The molecule has 3 aromatic carbocycles. The van der Waals surface area contributed by atoms with Crippen molar-refractivity contribution in [2.24, 2.45) is 22.7 Å². The Kier molecular flexibility index (Phi) is 10.8. The number of ether oxygens (including phenoxy) is 3. The van der Waals surface area contributed by atoms with Crippen molar-refractivity contribution in [1.82, 2.24) is 0 Å². The van der Waals surface area contributed by atoms with E-state index in [1.54, 1.807) is 0 Å². The molecule has 264 valence electrons. The lowest BCUT2D eigenvalue weighted by molar-refractivity contribution is -0.156.